The average Bonchev–Trinajstić information content (AvgIpc) is 3.50. The molecule has 2 aromatic heterocycles. The number of hydrogen-bond donors (Lipinski definition) is 0. The van der Waals surface area contributed by atoms with Crippen LogP contribution in [0.2, 0.25) is 0 Å². The van der Waals surface area contributed by atoms with Gasteiger partial charge in [-0.2, -0.15) is 0 Å². The Bertz CT molecular complexity index is 1210. The zero-order chi connectivity index (χ0) is 20.9. The van der Waals surface area contributed by atoms with E-state index in [-0.39, 0.29) is 23.6 Å². The van der Waals surface area contributed by atoms with E-state index in [0.29, 0.717) is 11.1 Å². The van der Waals surface area contributed by atoms with Gasteiger partial charge in [0.2, 0.25) is 5.43 Å². The summed E-state index contributed by atoms with van der Waals surface area (Å²) in [6.45, 7) is 7.55. The van der Waals surface area contributed by atoms with Crippen LogP contribution in [0.4, 0.5) is 4.39 Å². The monoisotopic (exact) mass is 394 g/mol. The van der Waals surface area contributed by atoms with E-state index in [1.54, 1.807) is 19.2 Å². The minimum atomic E-state index is -0.672. The van der Waals surface area contributed by atoms with Crippen molar-refractivity contribution >= 4 is 16.9 Å². The van der Waals surface area contributed by atoms with Crippen molar-refractivity contribution in [3.8, 4) is 11.1 Å². The number of pyridine rings is 2. The first kappa shape index (κ1) is 19.3. The predicted molar refractivity (Wildman–Crippen MR) is 110 cm³/mol. The fraction of sp³-hybridized carbons (Fsp3) is 0.348. The number of aryl methyl sites for hydroxylation is 2. The van der Waals surface area contributed by atoms with Gasteiger partial charge in [-0.15, -0.1) is 0 Å². The summed E-state index contributed by atoms with van der Waals surface area (Å²) < 4.78 is 22.1. The van der Waals surface area contributed by atoms with Gasteiger partial charge in [-0.05, 0) is 69.9 Å². The molecule has 29 heavy (non-hydrogen) atoms. The van der Waals surface area contributed by atoms with E-state index in [1.165, 1.54) is 6.07 Å². The van der Waals surface area contributed by atoms with Gasteiger partial charge in [0, 0.05) is 34.6 Å². The van der Waals surface area contributed by atoms with E-state index in [0.717, 1.165) is 35.4 Å². The van der Waals surface area contributed by atoms with E-state index in [9.17, 15) is 9.59 Å². The molecule has 0 spiro atoms. The largest absolute Gasteiger partial charge is 0.462 e. The van der Waals surface area contributed by atoms with Crippen LogP contribution in [0.15, 0.2) is 29.2 Å². The van der Waals surface area contributed by atoms with Crippen molar-refractivity contribution in [1.82, 2.24) is 9.55 Å². The van der Waals surface area contributed by atoms with Gasteiger partial charge >= 0.3 is 5.97 Å². The van der Waals surface area contributed by atoms with Gasteiger partial charge < -0.3 is 9.30 Å². The molecular weight excluding hydrogens is 371 g/mol. The lowest BCUT2D eigenvalue weighted by Crippen LogP contribution is -2.21. The Kier molecular flexibility index (Phi) is 4.73. The van der Waals surface area contributed by atoms with Gasteiger partial charge in [0.15, 0.2) is 0 Å². The Balaban J connectivity index is 2.02. The van der Waals surface area contributed by atoms with Crippen LogP contribution in [0.25, 0.3) is 22.0 Å². The summed E-state index contributed by atoms with van der Waals surface area (Å²) in [6.07, 6.45) is 3.48. The number of carbonyl (C=O) groups excluding carboxylic acids is 1. The fourth-order valence-corrected chi connectivity index (χ4v) is 3.76. The van der Waals surface area contributed by atoms with Crippen LogP contribution in [-0.2, 0) is 4.74 Å². The Morgan fingerprint density at radius 2 is 1.93 bits per heavy atom. The number of hydrogen-bond acceptors (Lipinski definition) is 4. The predicted octanol–water partition coefficient (Wildman–Crippen LogP) is 4.64. The third-order valence-corrected chi connectivity index (χ3v) is 5.49. The molecule has 0 N–H and O–H groups in total. The molecule has 0 radical (unpaired) electrons. The first-order chi connectivity index (χ1) is 13.8. The summed E-state index contributed by atoms with van der Waals surface area (Å²) in [4.78, 5) is 29.6. The summed E-state index contributed by atoms with van der Waals surface area (Å²) >= 11 is 0. The smallest absolute Gasteiger partial charge is 0.343 e. The molecule has 4 rings (SSSR count). The molecule has 0 saturated heterocycles. The van der Waals surface area contributed by atoms with Crippen LogP contribution in [0.3, 0.4) is 0 Å². The second-order valence-electron chi connectivity index (χ2n) is 7.60. The summed E-state index contributed by atoms with van der Waals surface area (Å²) in [7, 11) is 0. The summed E-state index contributed by atoms with van der Waals surface area (Å²) in [5.41, 5.74) is 3.83. The molecule has 0 aliphatic heterocycles. The lowest BCUT2D eigenvalue weighted by Gasteiger charge is -2.16. The molecule has 0 bridgehead atoms. The third-order valence-electron chi connectivity index (χ3n) is 5.49. The van der Waals surface area contributed by atoms with E-state index < -0.39 is 17.2 Å². The number of carbonyl (C=O) groups is 1. The van der Waals surface area contributed by atoms with E-state index in [1.807, 2.05) is 31.4 Å². The topological polar surface area (TPSA) is 61.2 Å². The first-order valence-electron chi connectivity index (χ1n) is 9.82. The van der Waals surface area contributed by atoms with Crippen LogP contribution < -0.4 is 5.43 Å². The first-order valence-corrected chi connectivity index (χ1v) is 9.82. The van der Waals surface area contributed by atoms with E-state index in [4.69, 9.17) is 4.74 Å². The lowest BCUT2D eigenvalue weighted by molar-refractivity contribution is 0.0524. The Labute approximate surface area is 168 Å². The Morgan fingerprint density at radius 3 is 2.59 bits per heavy atom. The maximum Gasteiger partial charge on any atom is 0.343 e. The van der Waals surface area contributed by atoms with Crippen LogP contribution in [0.5, 0.6) is 0 Å². The number of ether oxygens (including phenoxy) is 1. The van der Waals surface area contributed by atoms with Crippen molar-refractivity contribution in [3.05, 3.63) is 63.0 Å². The highest BCUT2D eigenvalue weighted by atomic mass is 19.1. The highest BCUT2D eigenvalue weighted by molar-refractivity contribution is 5.95. The van der Waals surface area contributed by atoms with E-state index in [2.05, 4.69) is 4.98 Å². The fourth-order valence-electron chi connectivity index (χ4n) is 3.76. The molecule has 0 amide bonds. The van der Waals surface area contributed by atoms with Gasteiger partial charge in [-0.1, -0.05) is 0 Å². The number of aromatic nitrogens is 2. The number of esters is 1. The SMILES string of the molecule is CCOC(=O)c1cn(C2CC2)c2cc(-c3cc(C)nc(C)c3C)c(F)cc2c1=O. The molecule has 5 nitrogen and oxygen atoms in total. The molecule has 3 aromatic rings. The van der Waals surface area contributed by atoms with Crippen molar-refractivity contribution in [2.75, 3.05) is 6.61 Å². The van der Waals surface area contributed by atoms with Crippen LogP contribution in [0.1, 0.15) is 53.1 Å². The van der Waals surface area contributed by atoms with Crippen LogP contribution in [0, 0.1) is 26.6 Å². The number of halogens is 1. The highest BCUT2D eigenvalue weighted by Crippen LogP contribution is 2.38. The van der Waals surface area contributed by atoms with Gasteiger partial charge in [-0.25, -0.2) is 9.18 Å². The second-order valence-corrected chi connectivity index (χ2v) is 7.60. The van der Waals surface area contributed by atoms with E-state index >= 15 is 4.39 Å². The normalized spacial score (nSPS) is 13.7. The van der Waals surface area contributed by atoms with Gasteiger partial charge in [0.1, 0.15) is 11.4 Å². The summed E-state index contributed by atoms with van der Waals surface area (Å²) in [5, 5.41) is 0.198. The molecule has 6 heteroatoms. The van der Waals surface area contributed by atoms with Crippen LogP contribution in [-0.4, -0.2) is 22.1 Å². The molecule has 1 aliphatic rings. The standard InChI is InChI=1S/C23H23FN2O3/c1-5-29-23(28)19-11-26(15-6-7-15)21-10-17(20(24)9-18(21)22(19)27)16-8-12(2)25-14(4)13(16)3/h8-11,15H,5-7H2,1-4H3. The maximum atomic E-state index is 15.2. The van der Waals surface area contributed by atoms with Crippen molar-refractivity contribution in [2.45, 2.75) is 46.6 Å². The molecule has 0 unspecified atom stereocenters. The average molecular weight is 394 g/mol. The molecule has 2 heterocycles. The number of nitrogens with zero attached hydrogens (tertiary/aromatic N) is 2. The second kappa shape index (κ2) is 7.10. The van der Waals surface area contributed by atoms with Gasteiger partial charge in [0.25, 0.3) is 0 Å². The van der Waals surface area contributed by atoms with Crippen molar-refractivity contribution < 1.29 is 13.9 Å². The molecule has 150 valence electrons. The van der Waals surface area contributed by atoms with Crippen molar-refractivity contribution in [2.24, 2.45) is 0 Å². The Hall–Kier alpha value is -3.02. The molecule has 1 fully saturated rings. The molecular formula is C23H23FN2O3. The minimum Gasteiger partial charge on any atom is -0.462 e. The molecule has 1 saturated carbocycles. The van der Waals surface area contributed by atoms with Crippen molar-refractivity contribution in [3.63, 3.8) is 0 Å². The number of fused-ring (bicyclic) bond motifs is 1. The lowest BCUT2D eigenvalue weighted by atomic mass is 9.97. The van der Waals surface area contributed by atoms with Crippen molar-refractivity contribution in [1.29, 1.82) is 0 Å². The zero-order valence-corrected chi connectivity index (χ0v) is 17.0. The number of benzene rings is 1. The van der Waals surface area contributed by atoms with Gasteiger partial charge in [-0.3, -0.25) is 9.78 Å². The summed E-state index contributed by atoms with van der Waals surface area (Å²) in [6, 6.07) is 5.03. The quantitative estimate of drug-likeness (QED) is 0.605. The highest BCUT2D eigenvalue weighted by Gasteiger charge is 2.28. The molecule has 1 aromatic carbocycles. The summed E-state index contributed by atoms with van der Waals surface area (Å²) in [5.74, 6) is -1.17. The Morgan fingerprint density at radius 1 is 1.21 bits per heavy atom. The minimum absolute atomic E-state index is 0.0508. The number of rotatable bonds is 4. The van der Waals surface area contributed by atoms with Gasteiger partial charge in [0.05, 0.1) is 12.1 Å². The molecule has 0 atom stereocenters. The van der Waals surface area contributed by atoms with Crippen LogP contribution >= 0.6 is 0 Å². The zero-order valence-electron chi connectivity index (χ0n) is 17.0. The third kappa shape index (κ3) is 3.33. The maximum absolute atomic E-state index is 15.2. The molecule has 1 aliphatic carbocycles.